The summed E-state index contributed by atoms with van der Waals surface area (Å²) in [6, 6.07) is 30.2. The number of hydrogen-bond donors (Lipinski definition) is 1. The van der Waals surface area contributed by atoms with Crippen molar-refractivity contribution in [3.8, 4) is 0 Å². The van der Waals surface area contributed by atoms with Crippen LogP contribution in [0.3, 0.4) is 0 Å². The van der Waals surface area contributed by atoms with Crippen LogP contribution in [0.5, 0.6) is 0 Å². The zero-order chi connectivity index (χ0) is 33.4. The number of nitrogens with one attached hydrogen (secondary N) is 1. The van der Waals surface area contributed by atoms with Crippen LogP contribution in [0.4, 0.5) is 5.69 Å². The topological polar surface area (TPSA) is 86.8 Å². The lowest BCUT2D eigenvalue weighted by molar-refractivity contribution is -0.140. The van der Waals surface area contributed by atoms with E-state index in [1.165, 1.54) is 4.90 Å². The zero-order valence-electron chi connectivity index (χ0n) is 27.6. The summed E-state index contributed by atoms with van der Waals surface area (Å²) >= 11 is 0. The minimum atomic E-state index is -4.15. The van der Waals surface area contributed by atoms with Crippen molar-refractivity contribution in [3.63, 3.8) is 0 Å². The van der Waals surface area contributed by atoms with E-state index in [0.717, 1.165) is 32.1 Å². The summed E-state index contributed by atoms with van der Waals surface area (Å²) < 4.78 is 29.6. The van der Waals surface area contributed by atoms with Crippen molar-refractivity contribution in [2.45, 2.75) is 77.4 Å². The molecular formula is C38H45N3O4S. The third-order valence-electron chi connectivity index (χ3n) is 7.87. The summed E-state index contributed by atoms with van der Waals surface area (Å²) in [7, 11) is -4.15. The lowest BCUT2D eigenvalue weighted by Gasteiger charge is -2.34. The van der Waals surface area contributed by atoms with Gasteiger partial charge in [-0.3, -0.25) is 13.9 Å². The number of benzene rings is 4. The van der Waals surface area contributed by atoms with Gasteiger partial charge in [-0.25, -0.2) is 8.42 Å². The Kier molecular flexibility index (Phi) is 11.4. The molecule has 242 valence electrons. The minimum Gasteiger partial charge on any atom is -0.352 e. The summed E-state index contributed by atoms with van der Waals surface area (Å²) in [6.45, 7) is 11.4. The molecule has 0 aromatic heterocycles. The molecule has 2 amide bonds. The highest BCUT2D eigenvalue weighted by Gasteiger charge is 2.35. The molecule has 1 atom stereocenters. The van der Waals surface area contributed by atoms with Gasteiger partial charge >= 0.3 is 0 Å². The van der Waals surface area contributed by atoms with Gasteiger partial charge in [0.05, 0.1) is 10.6 Å². The molecule has 0 aliphatic heterocycles. The number of hydrogen-bond acceptors (Lipinski definition) is 4. The Balaban J connectivity index is 1.81. The van der Waals surface area contributed by atoms with Gasteiger partial charge < -0.3 is 10.2 Å². The Morgan fingerprint density at radius 2 is 1.37 bits per heavy atom. The number of carbonyl (C=O) groups is 2. The Morgan fingerprint density at radius 1 is 0.739 bits per heavy atom. The monoisotopic (exact) mass is 639 g/mol. The Morgan fingerprint density at radius 3 is 1.96 bits per heavy atom. The molecule has 1 N–H and O–H groups in total. The fraction of sp³-hybridized carbons (Fsp3) is 0.316. The van der Waals surface area contributed by atoms with Gasteiger partial charge in [0.25, 0.3) is 10.0 Å². The van der Waals surface area contributed by atoms with Crippen LogP contribution in [-0.4, -0.2) is 43.8 Å². The fourth-order valence-electron chi connectivity index (χ4n) is 5.33. The van der Waals surface area contributed by atoms with Crippen molar-refractivity contribution in [1.82, 2.24) is 10.2 Å². The van der Waals surface area contributed by atoms with Gasteiger partial charge in [0.15, 0.2) is 0 Å². The number of rotatable bonds is 13. The normalized spacial score (nSPS) is 12.2. The maximum Gasteiger partial charge on any atom is 0.264 e. The number of aryl methyl sites for hydroxylation is 2. The molecule has 0 radical (unpaired) electrons. The molecule has 4 rings (SSSR count). The first-order valence-corrected chi connectivity index (χ1v) is 17.2. The Hall–Kier alpha value is -4.43. The van der Waals surface area contributed by atoms with Crippen molar-refractivity contribution >= 4 is 27.5 Å². The van der Waals surface area contributed by atoms with E-state index in [1.54, 1.807) is 36.4 Å². The Labute approximate surface area is 274 Å². The first-order chi connectivity index (χ1) is 21.8. The van der Waals surface area contributed by atoms with Crippen molar-refractivity contribution in [2.24, 2.45) is 0 Å². The van der Waals surface area contributed by atoms with E-state index in [9.17, 15) is 18.0 Å². The SMILES string of the molecule is Cc1ccc(S(=O)(=O)N(CC(=O)N(Cc2cccc(C)c2)C(Cc2ccccc2)C(=O)NC(C)C)c2ccc(C(C)C)cc2)cc1. The standard InChI is InChI=1S/C38H45N3O4S/c1-27(2)33-17-19-34(20-18-33)41(46(44,45)35-21-15-29(5)16-22-35)26-37(42)40(25-32-14-10-11-30(6)23-32)36(38(43)39-28(3)4)24-31-12-8-7-9-13-31/h7-23,27-28,36H,24-26H2,1-6H3,(H,39,43). The second kappa shape index (κ2) is 15.2. The maximum absolute atomic E-state index is 14.6. The molecule has 46 heavy (non-hydrogen) atoms. The molecule has 0 saturated heterocycles. The van der Waals surface area contributed by atoms with Crippen LogP contribution in [-0.2, 0) is 32.6 Å². The molecule has 0 aliphatic carbocycles. The predicted octanol–water partition coefficient (Wildman–Crippen LogP) is 6.79. The summed E-state index contributed by atoms with van der Waals surface area (Å²) in [5.74, 6) is -0.528. The van der Waals surface area contributed by atoms with Crippen molar-refractivity contribution < 1.29 is 18.0 Å². The van der Waals surface area contributed by atoms with Gasteiger partial charge in [0, 0.05) is 19.0 Å². The third-order valence-corrected chi connectivity index (χ3v) is 9.66. The van der Waals surface area contributed by atoms with Gasteiger partial charge in [-0.1, -0.05) is 104 Å². The average molecular weight is 640 g/mol. The number of amides is 2. The van der Waals surface area contributed by atoms with Crippen molar-refractivity contribution in [1.29, 1.82) is 0 Å². The maximum atomic E-state index is 14.6. The van der Waals surface area contributed by atoms with Gasteiger partial charge in [-0.15, -0.1) is 0 Å². The smallest absolute Gasteiger partial charge is 0.264 e. The predicted molar refractivity (Wildman–Crippen MR) is 185 cm³/mol. The van der Waals surface area contributed by atoms with Gasteiger partial charge in [-0.2, -0.15) is 0 Å². The van der Waals surface area contributed by atoms with E-state index >= 15 is 0 Å². The molecule has 0 bridgehead atoms. The van der Waals surface area contributed by atoms with Crippen LogP contribution in [0.1, 0.15) is 61.4 Å². The number of sulfonamides is 1. The Bertz CT molecular complexity index is 1720. The van der Waals surface area contributed by atoms with Gasteiger partial charge in [-0.05, 0) is 74.6 Å². The lowest BCUT2D eigenvalue weighted by atomic mass is 10.0. The van der Waals surface area contributed by atoms with Crippen LogP contribution >= 0.6 is 0 Å². The molecular weight excluding hydrogens is 595 g/mol. The highest BCUT2D eigenvalue weighted by atomic mass is 32.2. The van der Waals surface area contributed by atoms with Crippen LogP contribution in [0.15, 0.2) is 108 Å². The quantitative estimate of drug-likeness (QED) is 0.175. The van der Waals surface area contributed by atoms with E-state index in [4.69, 9.17) is 0 Å². The number of nitrogens with zero attached hydrogens (tertiary/aromatic N) is 2. The van der Waals surface area contributed by atoms with Crippen molar-refractivity contribution in [3.05, 3.63) is 131 Å². The molecule has 4 aromatic carbocycles. The average Bonchev–Trinajstić information content (AvgIpc) is 3.02. The van der Waals surface area contributed by atoms with E-state index in [0.29, 0.717) is 5.69 Å². The highest BCUT2D eigenvalue weighted by Crippen LogP contribution is 2.27. The molecule has 0 heterocycles. The number of carbonyl (C=O) groups excluding carboxylic acids is 2. The molecule has 0 fully saturated rings. The van der Waals surface area contributed by atoms with Crippen molar-refractivity contribution in [2.75, 3.05) is 10.8 Å². The molecule has 1 unspecified atom stereocenters. The van der Waals surface area contributed by atoms with Crippen LogP contribution < -0.4 is 9.62 Å². The third kappa shape index (κ3) is 8.85. The summed E-state index contributed by atoms with van der Waals surface area (Å²) in [4.78, 5) is 30.0. The number of anilines is 1. The van der Waals surface area contributed by atoms with Crippen LogP contribution in [0, 0.1) is 13.8 Å². The summed E-state index contributed by atoms with van der Waals surface area (Å²) in [5.41, 5.74) is 5.11. The second-order valence-electron chi connectivity index (χ2n) is 12.5. The fourth-order valence-corrected chi connectivity index (χ4v) is 6.75. The minimum absolute atomic E-state index is 0.0856. The van der Waals surface area contributed by atoms with Crippen LogP contribution in [0.25, 0.3) is 0 Å². The molecule has 7 nitrogen and oxygen atoms in total. The molecule has 4 aromatic rings. The zero-order valence-corrected chi connectivity index (χ0v) is 28.4. The summed E-state index contributed by atoms with van der Waals surface area (Å²) in [5, 5.41) is 2.99. The molecule has 8 heteroatoms. The first-order valence-electron chi connectivity index (χ1n) is 15.7. The van der Waals surface area contributed by atoms with Crippen LogP contribution in [0.2, 0.25) is 0 Å². The largest absolute Gasteiger partial charge is 0.352 e. The first kappa shape index (κ1) is 34.4. The molecule has 0 saturated carbocycles. The summed E-state index contributed by atoms with van der Waals surface area (Å²) in [6.07, 6.45) is 0.269. The lowest BCUT2D eigenvalue weighted by Crippen LogP contribution is -2.54. The molecule has 0 spiro atoms. The van der Waals surface area contributed by atoms with Gasteiger partial charge in [0.1, 0.15) is 12.6 Å². The van der Waals surface area contributed by atoms with E-state index in [1.807, 2.05) is 94.4 Å². The molecule has 0 aliphatic rings. The van der Waals surface area contributed by atoms with E-state index in [-0.39, 0.29) is 35.7 Å². The van der Waals surface area contributed by atoms with Gasteiger partial charge in [0.2, 0.25) is 11.8 Å². The van der Waals surface area contributed by atoms with E-state index in [2.05, 4.69) is 19.2 Å². The van der Waals surface area contributed by atoms with E-state index < -0.39 is 28.5 Å². The second-order valence-corrected chi connectivity index (χ2v) is 14.3. The highest BCUT2D eigenvalue weighted by molar-refractivity contribution is 7.92.